The Balaban J connectivity index is 2.16. The SMILES string of the molecule is CC(C)CC(C)NC1CC(C)(C)Oc2ccccc21. The molecule has 0 saturated carbocycles. The molecule has 0 spiro atoms. The van der Waals surface area contributed by atoms with Crippen LogP contribution in [-0.4, -0.2) is 11.6 Å². The highest BCUT2D eigenvalue weighted by Gasteiger charge is 2.33. The smallest absolute Gasteiger partial charge is 0.124 e. The molecule has 0 saturated heterocycles. The maximum absolute atomic E-state index is 6.07. The van der Waals surface area contributed by atoms with Gasteiger partial charge in [0.25, 0.3) is 0 Å². The van der Waals surface area contributed by atoms with Gasteiger partial charge in [-0.25, -0.2) is 0 Å². The Morgan fingerprint density at radius 1 is 1.26 bits per heavy atom. The number of para-hydroxylation sites is 1. The molecule has 0 amide bonds. The second kappa shape index (κ2) is 5.54. The lowest BCUT2D eigenvalue weighted by Gasteiger charge is -2.39. The number of fused-ring (bicyclic) bond motifs is 1. The van der Waals surface area contributed by atoms with Crippen molar-refractivity contribution in [1.29, 1.82) is 0 Å². The van der Waals surface area contributed by atoms with E-state index in [1.54, 1.807) is 0 Å². The highest BCUT2D eigenvalue weighted by molar-refractivity contribution is 5.38. The van der Waals surface area contributed by atoms with E-state index in [4.69, 9.17) is 4.74 Å². The molecule has 1 aliphatic rings. The molecule has 1 heterocycles. The van der Waals surface area contributed by atoms with Gasteiger partial charge >= 0.3 is 0 Å². The second-order valence-electron chi connectivity index (χ2n) is 6.85. The fourth-order valence-electron chi connectivity index (χ4n) is 3.07. The molecule has 0 aromatic heterocycles. The first-order valence-corrected chi connectivity index (χ1v) is 7.41. The van der Waals surface area contributed by atoms with Crippen LogP contribution in [0.2, 0.25) is 0 Å². The molecule has 0 aliphatic carbocycles. The number of rotatable bonds is 4. The monoisotopic (exact) mass is 261 g/mol. The van der Waals surface area contributed by atoms with E-state index >= 15 is 0 Å². The van der Waals surface area contributed by atoms with Crippen molar-refractivity contribution in [3.63, 3.8) is 0 Å². The number of nitrogens with one attached hydrogen (secondary N) is 1. The van der Waals surface area contributed by atoms with Gasteiger partial charge in [-0.15, -0.1) is 0 Å². The standard InChI is InChI=1S/C17H27NO/c1-12(2)10-13(3)18-15-11-17(4,5)19-16-9-7-6-8-14(15)16/h6-9,12-13,15,18H,10-11H2,1-5H3. The molecule has 2 atom stereocenters. The molecular formula is C17H27NO. The molecule has 2 nitrogen and oxygen atoms in total. The van der Waals surface area contributed by atoms with Crippen molar-refractivity contribution in [2.45, 2.75) is 65.1 Å². The molecule has 2 rings (SSSR count). The number of ether oxygens (including phenoxy) is 1. The molecule has 1 aliphatic heterocycles. The van der Waals surface area contributed by atoms with Gasteiger partial charge in [-0.1, -0.05) is 32.0 Å². The van der Waals surface area contributed by atoms with Crippen LogP contribution in [0.25, 0.3) is 0 Å². The third-order valence-corrected chi connectivity index (χ3v) is 3.69. The zero-order valence-corrected chi connectivity index (χ0v) is 12.9. The lowest BCUT2D eigenvalue weighted by atomic mass is 9.89. The van der Waals surface area contributed by atoms with Gasteiger partial charge in [-0.3, -0.25) is 0 Å². The van der Waals surface area contributed by atoms with Gasteiger partial charge in [0.15, 0.2) is 0 Å². The summed E-state index contributed by atoms with van der Waals surface area (Å²) in [5, 5.41) is 3.78. The minimum atomic E-state index is -0.0937. The predicted octanol–water partition coefficient (Wildman–Crippen LogP) is 4.31. The van der Waals surface area contributed by atoms with E-state index in [-0.39, 0.29) is 5.60 Å². The minimum absolute atomic E-state index is 0.0937. The van der Waals surface area contributed by atoms with Crippen molar-refractivity contribution < 1.29 is 4.74 Å². The van der Waals surface area contributed by atoms with E-state index in [1.165, 1.54) is 12.0 Å². The molecule has 1 N–H and O–H groups in total. The fourth-order valence-corrected chi connectivity index (χ4v) is 3.07. The molecule has 0 bridgehead atoms. The summed E-state index contributed by atoms with van der Waals surface area (Å²) in [6, 6.07) is 9.35. The van der Waals surface area contributed by atoms with Crippen LogP contribution in [0.5, 0.6) is 5.75 Å². The normalized spacial score (nSPS) is 22.7. The van der Waals surface area contributed by atoms with E-state index in [2.05, 4.69) is 64.2 Å². The first kappa shape index (κ1) is 14.4. The van der Waals surface area contributed by atoms with Gasteiger partial charge in [0, 0.05) is 24.1 Å². The third kappa shape index (κ3) is 3.73. The lowest BCUT2D eigenvalue weighted by molar-refractivity contribution is 0.0635. The Labute approximate surface area is 117 Å². The van der Waals surface area contributed by atoms with Gasteiger partial charge in [-0.2, -0.15) is 0 Å². The summed E-state index contributed by atoms with van der Waals surface area (Å²) in [6.07, 6.45) is 2.23. The fraction of sp³-hybridized carbons (Fsp3) is 0.647. The maximum Gasteiger partial charge on any atom is 0.124 e. The van der Waals surface area contributed by atoms with Crippen molar-refractivity contribution in [2.75, 3.05) is 0 Å². The van der Waals surface area contributed by atoms with Crippen LogP contribution in [0.3, 0.4) is 0 Å². The Morgan fingerprint density at radius 3 is 2.63 bits per heavy atom. The zero-order chi connectivity index (χ0) is 14.0. The quantitative estimate of drug-likeness (QED) is 0.872. The van der Waals surface area contributed by atoms with Crippen molar-refractivity contribution in [3.8, 4) is 5.75 Å². The zero-order valence-electron chi connectivity index (χ0n) is 12.9. The molecule has 2 heteroatoms. The first-order valence-electron chi connectivity index (χ1n) is 7.41. The summed E-state index contributed by atoms with van der Waals surface area (Å²) in [5.74, 6) is 1.76. The van der Waals surface area contributed by atoms with Crippen LogP contribution >= 0.6 is 0 Å². The summed E-state index contributed by atoms with van der Waals surface area (Å²) in [6.45, 7) is 11.2. The van der Waals surface area contributed by atoms with Crippen molar-refractivity contribution in [1.82, 2.24) is 5.32 Å². The van der Waals surface area contributed by atoms with Gasteiger partial charge < -0.3 is 10.1 Å². The van der Waals surface area contributed by atoms with Crippen molar-refractivity contribution >= 4 is 0 Å². The maximum atomic E-state index is 6.07. The van der Waals surface area contributed by atoms with Crippen LogP contribution in [0.4, 0.5) is 0 Å². The highest BCUT2D eigenvalue weighted by Crippen LogP contribution is 2.39. The average Bonchev–Trinajstić information content (AvgIpc) is 2.26. The molecule has 1 aromatic rings. The summed E-state index contributed by atoms with van der Waals surface area (Å²) in [5.41, 5.74) is 1.21. The minimum Gasteiger partial charge on any atom is -0.487 e. The largest absolute Gasteiger partial charge is 0.487 e. The Hall–Kier alpha value is -1.02. The summed E-state index contributed by atoms with van der Waals surface area (Å²) < 4.78 is 6.07. The Morgan fingerprint density at radius 2 is 1.95 bits per heavy atom. The number of hydrogen-bond donors (Lipinski definition) is 1. The summed E-state index contributed by atoms with van der Waals surface area (Å²) >= 11 is 0. The molecule has 2 unspecified atom stereocenters. The van der Waals surface area contributed by atoms with Crippen molar-refractivity contribution in [3.05, 3.63) is 29.8 Å². The van der Waals surface area contributed by atoms with Crippen LogP contribution in [0, 0.1) is 5.92 Å². The van der Waals surface area contributed by atoms with Crippen LogP contribution in [0.15, 0.2) is 24.3 Å². The van der Waals surface area contributed by atoms with E-state index in [0.29, 0.717) is 12.1 Å². The molecule has 106 valence electrons. The van der Waals surface area contributed by atoms with Gasteiger partial charge in [0.1, 0.15) is 11.4 Å². The average molecular weight is 261 g/mol. The third-order valence-electron chi connectivity index (χ3n) is 3.69. The van der Waals surface area contributed by atoms with Crippen LogP contribution < -0.4 is 10.1 Å². The van der Waals surface area contributed by atoms with E-state index < -0.39 is 0 Å². The van der Waals surface area contributed by atoms with E-state index in [0.717, 1.165) is 18.1 Å². The topological polar surface area (TPSA) is 21.3 Å². The van der Waals surface area contributed by atoms with E-state index in [1.807, 2.05) is 0 Å². The molecule has 0 radical (unpaired) electrons. The van der Waals surface area contributed by atoms with Crippen molar-refractivity contribution in [2.24, 2.45) is 5.92 Å². The van der Waals surface area contributed by atoms with Gasteiger partial charge in [0.05, 0.1) is 0 Å². The summed E-state index contributed by atoms with van der Waals surface area (Å²) in [7, 11) is 0. The first-order chi connectivity index (χ1) is 8.87. The highest BCUT2D eigenvalue weighted by atomic mass is 16.5. The second-order valence-corrected chi connectivity index (χ2v) is 6.85. The number of hydrogen-bond acceptors (Lipinski definition) is 2. The lowest BCUT2D eigenvalue weighted by Crippen LogP contribution is -2.42. The Bertz CT molecular complexity index is 425. The molecular weight excluding hydrogens is 234 g/mol. The van der Waals surface area contributed by atoms with Gasteiger partial charge in [0.2, 0.25) is 0 Å². The summed E-state index contributed by atoms with van der Waals surface area (Å²) in [4.78, 5) is 0. The van der Waals surface area contributed by atoms with E-state index in [9.17, 15) is 0 Å². The Kier molecular flexibility index (Phi) is 4.19. The predicted molar refractivity (Wildman–Crippen MR) is 80.6 cm³/mol. The number of benzene rings is 1. The molecule has 0 fully saturated rings. The molecule has 19 heavy (non-hydrogen) atoms. The van der Waals surface area contributed by atoms with Crippen LogP contribution in [-0.2, 0) is 0 Å². The molecule has 1 aromatic carbocycles. The van der Waals surface area contributed by atoms with Crippen LogP contribution in [0.1, 0.15) is 59.1 Å². The van der Waals surface area contributed by atoms with Gasteiger partial charge in [-0.05, 0) is 39.2 Å².